The molecule has 1 atom stereocenters. The van der Waals surface area contributed by atoms with Gasteiger partial charge in [-0.15, -0.1) is 11.3 Å². The number of likely N-dealkylation sites (tertiary alicyclic amines) is 1. The number of nitrogens with zero attached hydrogens (tertiary/aromatic N) is 3. The number of hydrogen-bond donors (Lipinski definition) is 1. The summed E-state index contributed by atoms with van der Waals surface area (Å²) in [4.78, 5) is 20.4. The molecule has 0 bridgehead atoms. The summed E-state index contributed by atoms with van der Waals surface area (Å²) in [5.41, 5.74) is 9.46. The van der Waals surface area contributed by atoms with E-state index in [4.69, 9.17) is 22.1 Å². The molecule has 3 aromatic heterocycles. The van der Waals surface area contributed by atoms with E-state index in [1.54, 1.807) is 0 Å². The molecule has 1 aromatic carbocycles. The first-order valence-electron chi connectivity index (χ1n) is 11.5. The molecule has 1 aliphatic heterocycles. The van der Waals surface area contributed by atoms with Gasteiger partial charge in [-0.2, -0.15) is 0 Å². The lowest BCUT2D eigenvalue weighted by molar-refractivity contribution is -0.117. The number of benzene rings is 1. The molecule has 1 unspecified atom stereocenters. The summed E-state index contributed by atoms with van der Waals surface area (Å²) in [5, 5.41) is 0.692. The maximum Gasteiger partial charge on any atom is 0.222 e. The van der Waals surface area contributed by atoms with Crippen molar-refractivity contribution in [2.24, 2.45) is 5.73 Å². The van der Waals surface area contributed by atoms with Crippen molar-refractivity contribution >= 4 is 34.5 Å². The Morgan fingerprint density at radius 3 is 2.82 bits per heavy atom. The van der Waals surface area contributed by atoms with Crippen LogP contribution in [0.2, 0.25) is 5.02 Å². The molecule has 1 saturated heterocycles. The molecule has 8 heteroatoms. The van der Waals surface area contributed by atoms with Crippen molar-refractivity contribution in [3.05, 3.63) is 75.9 Å². The predicted molar refractivity (Wildman–Crippen MR) is 136 cm³/mol. The molecule has 1 amide bonds. The topological polar surface area (TPSA) is 72.9 Å². The van der Waals surface area contributed by atoms with Gasteiger partial charge in [-0.25, -0.2) is 4.98 Å². The number of aromatic nitrogens is 2. The van der Waals surface area contributed by atoms with Gasteiger partial charge in [0.25, 0.3) is 0 Å². The van der Waals surface area contributed by atoms with Crippen LogP contribution in [0.25, 0.3) is 16.2 Å². The van der Waals surface area contributed by atoms with Gasteiger partial charge in [0, 0.05) is 29.4 Å². The van der Waals surface area contributed by atoms with Gasteiger partial charge >= 0.3 is 0 Å². The van der Waals surface area contributed by atoms with E-state index in [2.05, 4.69) is 16.0 Å². The molecule has 0 spiro atoms. The Morgan fingerprint density at radius 1 is 1.24 bits per heavy atom. The number of carbonyl (C=O) groups is 1. The zero-order valence-electron chi connectivity index (χ0n) is 19.0. The summed E-state index contributed by atoms with van der Waals surface area (Å²) in [6, 6.07) is 14.0. The van der Waals surface area contributed by atoms with Gasteiger partial charge in [0.15, 0.2) is 0 Å². The Kier molecular flexibility index (Phi) is 6.59. The largest absolute Gasteiger partial charge is 0.485 e. The molecule has 5 rings (SSSR count). The van der Waals surface area contributed by atoms with Crippen LogP contribution in [0.15, 0.2) is 54.9 Å². The Balaban J connectivity index is 1.40. The molecule has 0 radical (unpaired) electrons. The van der Waals surface area contributed by atoms with E-state index in [0.717, 1.165) is 46.3 Å². The smallest absolute Gasteiger partial charge is 0.222 e. The highest BCUT2D eigenvalue weighted by atomic mass is 35.5. The standard InChI is InChI=1S/C26H27ClN4O2S/c1-17(19-8-7-18(12-20(19)27)16-30-9-4-5-10-30)33-22-13-23(34-24(22)14-25(28)32)21-15-29-26-6-2-3-11-31(21)26/h2-3,6-8,11-13,15,17H,4-5,9-10,14,16H2,1H3,(H2,28,32). The van der Waals surface area contributed by atoms with Gasteiger partial charge in [-0.05, 0) is 56.6 Å². The minimum atomic E-state index is -0.395. The fourth-order valence-electron chi connectivity index (χ4n) is 4.49. The molecule has 2 N–H and O–H groups in total. The fraction of sp³-hybridized carbons (Fsp3) is 0.308. The number of halogens is 1. The number of pyridine rings is 1. The Hall–Kier alpha value is -2.87. The summed E-state index contributed by atoms with van der Waals surface area (Å²) in [5.74, 6) is 0.253. The van der Waals surface area contributed by atoms with Crippen LogP contribution in [-0.2, 0) is 17.8 Å². The van der Waals surface area contributed by atoms with Crippen LogP contribution < -0.4 is 10.5 Å². The molecule has 176 valence electrons. The highest BCUT2D eigenvalue weighted by Gasteiger charge is 2.20. The van der Waals surface area contributed by atoms with E-state index in [1.807, 2.05) is 60.1 Å². The molecule has 34 heavy (non-hydrogen) atoms. The van der Waals surface area contributed by atoms with Crippen molar-refractivity contribution in [2.45, 2.75) is 38.8 Å². The van der Waals surface area contributed by atoms with Crippen molar-refractivity contribution in [2.75, 3.05) is 13.1 Å². The van der Waals surface area contributed by atoms with E-state index in [-0.39, 0.29) is 12.5 Å². The summed E-state index contributed by atoms with van der Waals surface area (Å²) in [6.07, 6.45) is 6.16. The zero-order valence-corrected chi connectivity index (χ0v) is 20.6. The van der Waals surface area contributed by atoms with Crippen molar-refractivity contribution < 1.29 is 9.53 Å². The number of primary amides is 1. The quantitative estimate of drug-likeness (QED) is 0.352. The SMILES string of the molecule is CC(Oc1cc(-c2cnc3ccccn23)sc1CC(N)=O)c1ccc(CN2CCCC2)cc1Cl. The van der Waals surface area contributed by atoms with Gasteiger partial charge in [-0.1, -0.05) is 29.8 Å². The highest BCUT2D eigenvalue weighted by molar-refractivity contribution is 7.15. The number of fused-ring (bicyclic) bond motifs is 1. The summed E-state index contributed by atoms with van der Waals surface area (Å²) >= 11 is 8.17. The first kappa shape index (κ1) is 22.9. The van der Waals surface area contributed by atoms with E-state index < -0.39 is 5.91 Å². The molecule has 1 aliphatic rings. The average molecular weight is 495 g/mol. The van der Waals surface area contributed by atoms with Crippen molar-refractivity contribution in [1.82, 2.24) is 14.3 Å². The van der Waals surface area contributed by atoms with Crippen molar-refractivity contribution in [1.29, 1.82) is 0 Å². The highest BCUT2D eigenvalue weighted by Crippen LogP contribution is 2.39. The Labute approximate surface area is 207 Å². The van der Waals surface area contributed by atoms with Crippen LogP contribution in [0.4, 0.5) is 0 Å². The first-order valence-corrected chi connectivity index (χ1v) is 12.7. The third kappa shape index (κ3) is 4.82. The number of rotatable bonds is 8. The van der Waals surface area contributed by atoms with E-state index in [0.29, 0.717) is 10.8 Å². The second-order valence-electron chi connectivity index (χ2n) is 8.71. The van der Waals surface area contributed by atoms with Crippen molar-refractivity contribution in [3.63, 3.8) is 0 Å². The maximum atomic E-state index is 11.7. The van der Waals surface area contributed by atoms with Crippen LogP contribution in [0.1, 0.15) is 41.9 Å². The van der Waals surface area contributed by atoms with Gasteiger partial charge < -0.3 is 10.5 Å². The zero-order chi connectivity index (χ0) is 23.7. The average Bonchev–Trinajstić information content (AvgIpc) is 3.54. The molecule has 0 aliphatic carbocycles. The molecular formula is C26H27ClN4O2S. The van der Waals surface area contributed by atoms with Crippen molar-refractivity contribution in [3.8, 4) is 16.3 Å². The van der Waals surface area contributed by atoms with Crippen LogP contribution in [-0.4, -0.2) is 33.3 Å². The molecule has 0 saturated carbocycles. The summed E-state index contributed by atoms with van der Waals surface area (Å²) in [6.45, 7) is 5.19. The van der Waals surface area contributed by atoms with Crippen LogP contribution in [0, 0.1) is 0 Å². The number of ether oxygens (including phenoxy) is 1. The predicted octanol–water partition coefficient (Wildman–Crippen LogP) is 5.48. The number of hydrogen-bond acceptors (Lipinski definition) is 5. The third-order valence-corrected chi connectivity index (χ3v) is 7.65. The van der Waals surface area contributed by atoms with Gasteiger partial charge in [-0.3, -0.25) is 14.1 Å². The molecule has 4 aromatic rings. The number of carbonyl (C=O) groups excluding carboxylic acids is 1. The van der Waals surface area contributed by atoms with Gasteiger partial charge in [0.2, 0.25) is 5.91 Å². The van der Waals surface area contributed by atoms with E-state index in [1.165, 1.54) is 29.7 Å². The minimum absolute atomic E-state index is 0.117. The van der Waals surface area contributed by atoms with E-state index in [9.17, 15) is 4.79 Å². The second kappa shape index (κ2) is 9.78. The molecule has 4 heterocycles. The molecule has 6 nitrogen and oxygen atoms in total. The lowest BCUT2D eigenvalue weighted by Gasteiger charge is -2.19. The third-order valence-electron chi connectivity index (χ3n) is 6.19. The summed E-state index contributed by atoms with van der Waals surface area (Å²) < 4.78 is 8.37. The lowest BCUT2D eigenvalue weighted by Crippen LogP contribution is -2.18. The number of thiophene rings is 1. The molecular weight excluding hydrogens is 468 g/mol. The minimum Gasteiger partial charge on any atom is -0.485 e. The van der Waals surface area contributed by atoms with E-state index >= 15 is 0 Å². The number of amides is 1. The monoisotopic (exact) mass is 494 g/mol. The second-order valence-corrected chi connectivity index (χ2v) is 10.3. The first-order chi connectivity index (χ1) is 16.5. The van der Waals surface area contributed by atoms with Gasteiger partial charge in [0.1, 0.15) is 17.5 Å². The number of imidazole rings is 1. The summed E-state index contributed by atoms with van der Waals surface area (Å²) in [7, 11) is 0. The molecule has 1 fully saturated rings. The number of nitrogens with two attached hydrogens (primary N) is 1. The fourth-order valence-corrected chi connectivity index (χ4v) is 5.95. The van der Waals surface area contributed by atoms with Crippen LogP contribution in [0.3, 0.4) is 0 Å². The maximum absolute atomic E-state index is 11.7. The lowest BCUT2D eigenvalue weighted by atomic mass is 10.1. The Morgan fingerprint density at radius 2 is 2.06 bits per heavy atom. The van der Waals surface area contributed by atoms with Gasteiger partial charge in [0.05, 0.1) is 28.1 Å². The van der Waals surface area contributed by atoms with Crippen LogP contribution in [0.5, 0.6) is 5.75 Å². The Bertz CT molecular complexity index is 1330. The van der Waals surface area contributed by atoms with Crippen LogP contribution >= 0.6 is 22.9 Å². The normalized spacial score (nSPS) is 15.1.